The van der Waals surface area contributed by atoms with Crippen molar-refractivity contribution in [3.8, 4) is 0 Å². The quantitative estimate of drug-likeness (QED) is 0.746. The van der Waals surface area contributed by atoms with E-state index in [1.807, 2.05) is 25.1 Å². The van der Waals surface area contributed by atoms with Crippen LogP contribution in [-0.4, -0.2) is 73.6 Å². The number of rotatable bonds is 4. The van der Waals surface area contributed by atoms with E-state index in [1.54, 1.807) is 4.90 Å². The van der Waals surface area contributed by atoms with Gasteiger partial charge in [-0.25, -0.2) is 9.37 Å². The second kappa shape index (κ2) is 8.00. The Balaban J connectivity index is 1.43. The SMILES string of the molecule is Cc1cc(N2CCN(C=O)CC2)nc(N2CCN(c3ccc(F)cc3)CC2)n1. The van der Waals surface area contributed by atoms with E-state index in [0.29, 0.717) is 0 Å². The molecule has 2 aliphatic heterocycles. The van der Waals surface area contributed by atoms with Crippen molar-refractivity contribution in [3.63, 3.8) is 0 Å². The van der Waals surface area contributed by atoms with Crippen LogP contribution in [0.2, 0.25) is 0 Å². The Bertz CT molecular complexity index is 814. The lowest BCUT2D eigenvalue weighted by atomic mass is 10.2. The Morgan fingerprint density at radius 3 is 2.11 bits per heavy atom. The molecule has 4 rings (SSSR count). The summed E-state index contributed by atoms with van der Waals surface area (Å²) in [5, 5.41) is 0. The smallest absolute Gasteiger partial charge is 0.227 e. The Morgan fingerprint density at radius 1 is 0.857 bits per heavy atom. The van der Waals surface area contributed by atoms with Crippen molar-refractivity contribution >= 4 is 23.9 Å². The number of aryl methyl sites for hydroxylation is 1. The summed E-state index contributed by atoms with van der Waals surface area (Å²) >= 11 is 0. The highest BCUT2D eigenvalue weighted by molar-refractivity contribution is 5.52. The maximum absolute atomic E-state index is 13.1. The molecule has 148 valence electrons. The fourth-order valence-electron chi connectivity index (χ4n) is 3.71. The molecule has 0 N–H and O–H groups in total. The van der Waals surface area contributed by atoms with Gasteiger partial charge in [-0.15, -0.1) is 0 Å². The highest BCUT2D eigenvalue weighted by Gasteiger charge is 2.22. The first-order chi connectivity index (χ1) is 13.6. The summed E-state index contributed by atoms with van der Waals surface area (Å²) in [4.78, 5) is 28.8. The molecule has 1 aromatic carbocycles. The summed E-state index contributed by atoms with van der Waals surface area (Å²) in [5.41, 5.74) is 1.98. The number of benzene rings is 1. The number of amides is 1. The number of hydrogen-bond acceptors (Lipinski definition) is 6. The lowest BCUT2D eigenvalue weighted by Crippen LogP contribution is -2.48. The number of carbonyl (C=O) groups excluding carboxylic acids is 1. The molecule has 0 aliphatic carbocycles. The minimum atomic E-state index is -0.211. The third-order valence-corrected chi connectivity index (χ3v) is 5.37. The van der Waals surface area contributed by atoms with Gasteiger partial charge in [0.2, 0.25) is 12.4 Å². The van der Waals surface area contributed by atoms with Gasteiger partial charge in [-0.2, -0.15) is 4.98 Å². The number of carbonyl (C=O) groups is 1. The molecule has 0 spiro atoms. The predicted octanol–water partition coefficient (Wildman–Crippen LogP) is 1.53. The van der Waals surface area contributed by atoms with Crippen LogP contribution in [-0.2, 0) is 4.79 Å². The van der Waals surface area contributed by atoms with Crippen LogP contribution in [0.1, 0.15) is 5.69 Å². The Kier molecular flexibility index (Phi) is 5.27. The summed E-state index contributed by atoms with van der Waals surface area (Å²) in [7, 11) is 0. The number of nitrogens with zero attached hydrogens (tertiary/aromatic N) is 6. The van der Waals surface area contributed by atoms with E-state index in [-0.39, 0.29) is 5.82 Å². The van der Waals surface area contributed by atoms with Gasteiger partial charge in [-0.05, 0) is 31.2 Å². The summed E-state index contributed by atoms with van der Waals surface area (Å²) in [5.74, 6) is 1.47. The van der Waals surface area contributed by atoms with Crippen LogP contribution in [0.4, 0.5) is 21.8 Å². The first-order valence-corrected chi connectivity index (χ1v) is 9.68. The number of hydrogen-bond donors (Lipinski definition) is 0. The molecule has 1 aromatic heterocycles. The third-order valence-electron chi connectivity index (χ3n) is 5.37. The normalized spacial score (nSPS) is 17.8. The van der Waals surface area contributed by atoms with Crippen LogP contribution < -0.4 is 14.7 Å². The zero-order valence-electron chi connectivity index (χ0n) is 16.1. The Hall–Kier alpha value is -2.90. The molecule has 2 aliphatic rings. The molecule has 0 bridgehead atoms. The monoisotopic (exact) mass is 384 g/mol. The second-order valence-corrected chi connectivity index (χ2v) is 7.25. The standard InChI is InChI=1S/C20H25FN6O/c1-16-14-19(26-8-6-24(15-28)7-9-26)23-20(22-16)27-12-10-25(11-13-27)18-4-2-17(21)3-5-18/h2-5,14-15H,6-13H2,1H3. The van der Waals surface area contributed by atoms with E-state index in [9.17, 15) is 9.18 Å². The maximum atomic E-state index is 13.1. The largest absolute Gasteiger partial charge is 0.368 e. The molecule has 8 heteroatoms. The number of piperazine rings is 2. The van der Waals surface area contributed by atoms with Crippen LogP contribution in [0.15, 0.2) is 30.3 Å². The van der Waals surface area contributed by atoms with Gasteiger partial charge in [0.15, 0.2) is 0 Å². The predicted molar refractivity (Wildman–Crippen MR) is 107 cm³/mol. The number of aromatic nitrogens is 2. The second-order valence-electron chi connectivity index (χ2n) is 7.25. The molecule has 0 unspecified atom stereocenters. The van der Waals surface area contributed by atoms with E-state index >= 15 is 0 Å². The number of anilines is 3. The molecule has 28 heavy (non-hydrogen) atoms. The molecule has 7 nitrogen and oxygen atoms in total. The third kappa shape index (κ3) is 4.00. The summed E-state index contributed by atoms with van der Waals surface area (Å²) in [6.45, 7) is 8.33. The minimum Gasteiger partial charge on any atom is -0.368 e. The van der Waals surface area contributed by atoms with Gasteiger partial charge in [0.05, 0.1) is 0 Å². The Labute approximate surface area is 164 Å². The van der Waals surface area contributed by atoms with Gasteiger partial charge in [0.25, 0.3) is 0 Å². The van der Waals surface area contributed by atoms with Crippen LogP contribution in [0.5, 0.6) is 0 Å². The van der Waals surface area contributed by atoms with E-state index in [0.717, 1.165) is 81.9 Å². The van der Waals surface area contributed by atoms with Crippen molar-refractivity contribution in [1.82, 2.24) is 14.9 Å². The molecule has 1 amide bonds. The molecule has 0 saturated carbocycles. The van der Waals surface area contributed by atoms with E-state index < -0.39 is 0 Å². The molecule has 3 heterocycles. The molecule has 2 fully saturated rings. The highest BCUT2D eigenvalue weighted by atomic mass is 19.1. The van der Waals surface area contributed by atoms with Crippen molar-refractivity contribution in [2.24, 2.45) is 0 Å². The summed E-state index contributed by atoms with van der Waals surface area (Å²) in [6.07, 6.45) is 0.911. The lowest BCUT2D eigenvalue weighted by molar-refractivity contribution is -0.118. The molecular weight excluding hydrogens is 359 g/mol. The van der Waals surface area contributed by atoms with E-state index in [1.165, 1.54) is 12.1 Å². The topological polar surface area (TPSA) is 55.8 Å². The fourth-order valence-corrected chi connectivity index (χ4v) is 3.71. The zero-order valence-corrected chi connectivity index (χ0v) is 16.1. The van der Waals surface area contributed by atoms with Gasteiger partial charge in [-0.3, -0.25) is 4.79 Å². The molecule has 2 saturated heterocycles. The van der Waals surface area contributed by atoms with Gasteiger partial charge < -0.3 is 19.6 Å². The van der Waals surface area contributed by atoms with Crippen LogP contribution in [0, 0.1) is 12.7 Å². The maximum Gasteiger partial charge on any atom is 0.227 e. The fraction of sp³-hybridized carbons (Fsp3) is 0.450. The molecule has 0 atom stereocenters. The average molecular weight is 384 g/mol. The summed E-state index contributed by atoms with van der Waals surface area (Å²) < 4.78 is 13.1. The number of halogens is 1. The van der Waals surface area contributed by atoms with Crippen molar-refractivity contribution in [1.29, 1.82) is 0 Å². The van der Waals surface area contributed by atoms with E-state index in [4.69, 9.17) is 4.98 Å². The van der Waals surface area contributed by atoms with Crippen molar-refractivity contribution < 1.29 is 9.18 Å². The van der Waals surface area contributed by atoms with E-state index in [2.05, 4.69) is 19.7 Å². The summed E-state index contributed by atoms with van der Waals surface area (Å²) in [6, 6.07) is 8.66. The van der Waals surface area contributed by atoms with Crippen LogP contribution in [0.3, 0.4) is 0 Å². The van der Waals surface area contributed by atoms with Crippen LogP contribution in [0.25, 0.3) is 0 Å². The first-order valence-electron chi connectivity index (χ1n) is 9.68. The van der Waals surface area contributed by atoms with Gasteiger partial charge >= 0.3 is 0 Å². The highest BCUT2D eigenvalue weighted by Crippen LogP contribution is 2.22. The Morgan fingerprint density at radius 2 is 1.46 bits per heavy atom. The average Bonchev–Trinajstić information content (AvgIpc) is 2.74. The lowest BCUT2D eigenvalue weighted by Gasteiger charge is -2.37. The van der Waals surface area contributed by atoms with Gasteiger partial charge in [0.1, 0.15) is 11.6 Å². The van der Waals surface area contributed by atoms with Crippen molar-refractivity contribution in [2.75, 3.05) is 67.1 Å². The minimum absolute atomic E-state index is 0.211. The van der Waals surface area contributed by atoms with Gasteiger partial charge in [-0.1, -0.05) is 0 Å². The zero-order chi connectivity index (χ0) is 19.5. The molecule has 0 radical (unpaired) electrons. The van der Waals surface area contributed by atoms with Gasteiger partial charge in [0, 0.05) is 69.8 Å². The molecular formula is C20H25FN6O. The van der Waals surface area contributed by atoms with Crippen molar-refractivity contribution in [2.45, 2.75) is 6.92 Å². The molecule has 2 aromatic rings. The van der Waals surface area contributed by atoms with Crippen LogP contribution >= 0.6 is 0 Å². The first kappa shape index (κ1) is 18.5. The van der Waals surface area contributed by atoms with Crippen molar-refractivity contribution in [3.05, 3.63) is 41.8 Å².